The Morgan fingerprint density at radius 3 is 2.58 bits per heavy atom. The van der Waals surface area contributed by atoms with Gasteiger partial charge in [0, 0.05) is 0 Å². The van der Waals surface area contributed by atoms with Gasteiger partial charge in [-0.2, -0.15) is 0 Å². The van der Waals surface area contributed by atoms with Crippen molar-refractivity contribution in [3.63, 3.8) is 0 Å². The first kappa shape index (κ1) is 12.0. The molecular weight excluding hydrogens is 236 g/mol. The van der Waals surface area contributed by atoms with Gasteiger partial charge in [0.05, 0.1) is 12.0 Å². The molecule has 1 heterocycles. The summed E-state index contributed by atoms with van der Waals surface area (Å²) < 4.78 is 5.94. The normalized spacial score (nSPS) is 17.7. The second-order valence-electron chi connectivity index (χ2n) is 4.83. The van der Waals surface area contributed by atoms with Crippen LogP contribution < -0.4 is 4.74 Å². The average Bonchev–Trinajstić information content (AvgIpc) is 2.47. The first-order valence-corrected chi connectivity index (χ1v) is 6.65. The summed E-state index contributed by atoms with van der Waals surface area (Å²) in [5, 5.41) is 0. The summed E-state index contributed by atoms with van der Waals surface area (Å²) in [6, 6.07) is 15.8. The van der Waals surface area contributed by atoms with E-state index in [0.29, 0.717) is 17.7 Å². The first-order valence-electron chi connectivity index (χ1n) is 6.65. The van der Waals surface area contributed by atoms with E-state index in [1.54, 1.807) is 0 Å². The lowest BCUT2D eigenvalue weighted by Crippen LogP contribution is -2.20. The predicted octanol–water partition coefficient (Wildman–Crippen LogP) is 3.96. The van der Waals surface area contributed by atoms with Crippen LogP contribution in [0.4, 0.5) is 0 Å². The summed E-state index contributed by atoms with van der Waals surface area (Å²) in [4.78, 5) is 12.1. The van der Waals surface area contributed by atoms with Crippen LogP contribution in [-0.2, 0) is 6.42 Å². The quantitative estimate of drug-likeness (QED) is 0.808. The van der Waals surface area contributed by atoms with Gasteiger partial charge in [-0.15, -0.1) is 0 Å². The van der Waals surface area contributed by atoms with Crippen molar-refractivity contribution in [1.29, 1.82) is 0 Å². The molecule has 0 aromatic heterocycles. The first-order chi connectivity index (χ1) is 9.28. The number of fused-ring (bicyclic) bond motifs is 1. The molecule has 0 amide bonds. The molecule has 0 bridgehead atoms. The van der Waals surface area contributed by atoms with Crippen LogP contribution in [0, 0.1) is 0 Å². The van der Waals surface area contributed by atoms with Crippen molar-refractivity contribution in [2.75, 3.05) is 0 Å². The Morgan fingerprint density at radius 1 is 1.11 bits per heavy atom. The van der Waals surface area contributed by atoms with Crippen molar-refractivity contribution < 1.29 is 9.53 Å². The number of benzene rings is 2. The fourth-order valence-corrected chi connectivity index (χ4v) is 2.43. The maximum atomic E-state index is 12.1. The number of ketones is 1. The molecule has 0 saturated heterocycles. The smallest absolute Gasteiger partial charge is 0.170 e. The third kappa shape index (κ3) is 2.26. The zero-order valence-corrected chi connectivity index (χ0v) is 10.9. The predicted molar refractivity (Wildman–Crippen MR) is 74.6 cm³/mol. The molecule has 1 unspecified atom stereocenters. The molecule has 0 aliphatic carbocycles. The number of carbonyl (C=O) groups is 1. The molecule has 19 heavy (non-hydrogen) atoms. The largest absolute Gasteiger partial charge is 0.484 e. The Morgan fingerprint density at radius 2 is 1.84 bits per heavy atom. The van der Waals surface area contributed by atoms with Gasteiger partial charge in [-0.05, 0) is 29.7 Å². The van der Waals surface area contributed by atoms with Crippen LogP contribution in [0.2, 0.25) is 0 Å². The lowest BCUT2D eigenvalue weighted by atomic mass is 9.95. The van der Waals surface area contributed by atoms with Crippen LogP contribution in [0.25, 0.3) is 0 Å². The van der Waals surface area contributed by atoms with Gasteiger partial charge in [0.2, 0.25) is 0 Å². The minimum Gasteiger partial charge on any atom is -0.484 e. The second-order valence-corrected chi connectivity index (χ2v) is 4.83. The van der Waals surface area contributed by atoms with Crippen molar-refractivity contribution >= 4 is 5.78 Å². The van der Waals surface area contributed by atoms with E-state index >= 15 is 0 Å². The zero-order chi connectivity index (χ0) is 13.2. The van der Waals surface area contributed by atoms with E-state index in [2.05, 4.69) is 31.2 Å². The number of ether oxygens (including phenoxy) is 1. The van der Waals surface area contributed by atoms with E-state index in [-0.39, 0.29) is 11.9 Å². The Bertz CT molecular complexity index is 599. The van der Waals surface area contributed by atoms with E-state index in [0.717, 1.165) is 12.0 Å². The van der Waals surface area contributed by atoms with Crippen LogP contribution in [-0.4, -0.2) is 5.78 Å². The highest BCUT2D eigenvalue weighted by Gasteiger charge is 2.26. The molecule has 1 aliphatic rings. The number of hydrogen-bond acceptors (Lipinski definition) is 2. The Hall–Kier alpha value is -2.09. The standard InChI is InChI=1S/C17H16O2/c1-2-12-7-9-13(10-8-12)17-11-15(18)14-5-3-4-6-16(14)19-17/h3-10,17H,2,11H2,1H3. The van der Waals surface area contributed by atoms with Crippen molar-refractivity contribution in [3.05, 3.63) is 65.2 Å². The van der Waals surface area contributed by atoms with Gasteiger partial charge < -0.3 is 4.74 Å². The van der Waals surface area contributed by atoms with Gasteiger partial charge in [0.25, 0.3) is 0 Å². The molecule has 0 N–H and O–H groups in total. The van der Waals surface area contributed by atoms with E-state index in [1.807, 2.05) is 24.3 Å². The molecule has 2 aromatic rings. The molecule has 0 spiro atoms. The molecule has 96 valence electrons. The molecule has 1 atom stereocenters. The number of carbonyl (C=O) groups excluding carboxylic acids is 1. The highest BCUT2D eigenvalue weighted by molar-refractivity contribution is 5.99. The Labute approximate surface area is 113 Å². The molecule has 3 rings (SSSR count). The van der Waals surface area contributed by atoms with Gasteiger partial charge in [-0.25, -0.2) is 0 Å². The molecular formula is C17H16O2. The fraction of sp³-hybridized carbons (Fsp3) is 0.235. The maximum Gasteiger partial charge on any atom is 0.170 e. The second kappa shape index (κ2) is 4.88. The van der Waals surface area contributed by atoms with Crippen molar-refractivity contribution in [2.24, 2.45) is 0 Å². The SMILES string of the molecule is CCc1ccc(C2CC(=O)c3ccccc3O2)cc1. The highest BCUT2D eigenvalue weighted by atomic mass is 16.5. The molecule has 1 aliphatic heterocycles. The van der Waals surface area contributed by atoms with Gasteiger partial charge in [-0.1, -0.05) is 43.3 Å². The summed E-state index contributed by atoms with van der Waals surface area (Å²) in [5.74, 6) is 0.856. The topological polar surface area (TPSA) is 26.3 Å². The van der Waals surface area contributed by atoms with Crippen LogP contribution in [0.1, 0.15) is 40.9 Å². The van der Waals surface area contributed by atoms with E-state index in [9.17, 15) is 4.79 Å². The van der Waals surface area contributed by atoms with Crippen molar-refractivity contribution in [2.45, 2.75) is 25.9 Å². The number of aryl methyl sites for hydroxylation is 1. The Kier molecular flexibility index (Phi) is 3.08. The van der Waals surface area contributed by atoms with E-state index in [4.69, 9.17) is 4.74 Å². The third-order valence-corrected chi connectivity index (χ3v) is 3.59. The summed E-state index contributed by atoms with van der Waals surface area (Å²) >= 11 is 0. The molecule has 0 saturated carbocycles. The van der Waals surface area contributed by atoms with E-state index in [1.165, 1.54) is 5.56 Å². The lowest BCUT2D eigenvalue weighted by molar-refractivity contribution is 0.0850. The van der Waals surface area contributed by atoms with Crippen LogP contribution in [0.5, 0.6) is 5.75 Å². The molecule has 0 fully saturated rings. The van der Waals surface area contributed by atoms with Gasteiger partial charge in [-0.3, -0.25) is 4.79 Å². The minimum atomic E-state index is -0.159. The van der Waals surface area contributed by atoms with Gasteiger partial charge >= 0.3 is 0 Å². The van der Waals surface area contributed by atoms with E-state index < -0.39 is 0 Å². The number of Topliss-reactive ketones (excluding diaryl/α,β-unsaturated/α-hetero) is 1. The Balaban J connectivity index is 1.90. The van der Waals surface area contributed by atoms with Crippen LogP contribution in [0.15, 0.2) is 48.5 Å². The van der Waals surface area contributed by atoms with Crippen LogP contribution >= 0.6 is 0 Å². The van der Waals surface area contributed by atoms with Crippen LogP contribution in [0.3, 0.4) is 0 Å². The minimum absolute atomic E-state index is 0.159. The van der Waals surface area contributed by atoms with Gasteiger partial charge in [0.15, 0.2) is 5.78 Å². The number of para-hydroxylation sites is 1. The van der Waals surface area contributed by atoms with Crippen molar-refractivity contribution in [3.8, 4) is 5.75 Å². The molecule has 2 nitrogen and oxygen atoms in total. The fourth-order valence-electron chi connectivity index (χ4n) is 2.43. The van der Waals surface area contributed by atoms with Gasteiger partial charge in [0.1, 0.15) is 11.9 Å². The number of rotatable bonds is 2. The average molecular weight is 252 g/mol. The highest BCUT2D eigenvalue weighted by Crippen LogP contribution is 2.34. The maximum absolute atomic E-state index is 12.1. The van der Waals surface area contributed by atoms with Crippen molar-refractivity contribution in [1.82, 2.24) is 0 Å². The zero-order valence-electron chi connectivity index (χ0n) is 10.9. The lowest BCUT2D eigenvalue weighted by Gasteiger charge is -2.25. The summed E-state index contributed by atoms with van der Waals surface area (Å²) in [7, 11) is 0. The molecule has 2 heteroatoms. The third-order valence-electron chi connectivity index (χ3n) is 3.59. The molecule has 0 radical (unpaired) electrons. The summed E-state index contributed by atoms with van der Waals surface area (Å²) in [5.41, 5.74) is 3.07. The molecule has 2 aromatic carbocycles. The summed E-state index contributed by atoms with van der Waals surface area (Å²) in [6.07, 6.45) is 1.28. The summed E-state index contributed by atoms with van der Waals surface area (Å²) in [6.45, 7) is 2.13. The number of hydrogen-bond donors (Lipinski definition) is 0. The monoisotopic (exact) mass is 252 g/mol.